The molecule has 1 N–H and O–H groups in total. The van der Waals surface area contributed by atoms with Crippen molar-refractivity contribution in [2.45, 2.75) is 32.4 Å². The second kappa shape index (κ2) is 7.26. The molecule has 6 nitrogen and oxygen atoms in total. The smallest absolute Gasteiger partial charge is 0.131 e. The van der Waals surface area contributed by atoms with Crippen LogP contribution >= 0.6 is 0 Å². The largest absolute Gasteiger partial charge is 0.384 e. The lowest BCUT2D eigenvalue weighted by atomic mass is 9.89. The van der Waals surface area contributed by atoms with Gasteiger partial charge in [0, 0.05) is 45.3 Å². The molecule has 0 saturated carbocycles. The fourth-order valence-electron chi connectivity index (χ4n) is 4.59. The zero-order valence-corrected chi connectivity index (χ0v) is 16.6. The van der Waals surface area contributed by atoms with Crippen molar-refractivity contribution in [1.29, 1.82) is 0 Å². The molecule has 0 amide bonds. The van der Waals surface area contributed by atoms with Gasteiger partial charge < -0.3 is 14.7 Å². The summed E-state index contributed by atoms with van der Waals surface area (Å²) in [6.45, 7) is 9.87. The number of rotatable bonds is 4. The molecule has 2 saturated heterocycles. The Bertz CT molecular complexity index is 813. The number of likely N-dealkylation sites (tertiary alicyclic amines) is 1. The van der Waals surface area contributed by atoms with Crippen molar-refractivity contribution in [3.8, 4) is 0 Å². The van der Waals surface area contributed by atoms with Gasteiger partial charge in [0.25, 0.3) is 0 Å². The number of β-amino-alcohol motifs (C(OH)–C–C–N with tert-alkyl or cyclic N) is 1. The van der Waals surface area contributed by atoms with E-state index in [1.807, 2.05) is 23.9 Å². The number of anilines is 1. The average molecular weight is 370 g/mol. The molecule has 1 unspecified atom stereocenters. The molecule has 4 rings (SSSR count). The summed E-state index contributed by atoms with van der Waals surface area (Å²) in [5, 5.41) is 16.0. The number of morpholine rings is 1. The molecule has 0 aliphatic carbocycles. The Morgan fingerprint density at radius 1 is 1.15 bits per heavy atom. The number of aryl methyl sites for hydroxylation is 3. The summed E-state index contributed by atoms with van der Waals surface area (Å²) in [4.78, 5) is 4.74. The Morgan fingerprint density at radius 3 is 2.63 bits per heavy atom. The molecule has 0 spiro atoms. The number of aromatic nitrogens is 2. The molecule has 1 aromatic carbocycles. The molecule has 2 aliphatic heterocycles. The summed E-state index contributed by atoms with van der Waals surface area (Å²) in [6, 6.07) is 8.19. The van der Waals surface area contributed by atoms with Gasteiger partial charge in [-0.05, 0) is 31.4 Å². The molecule has 2 aromatic rings. The summed E-state index contributed by atoms with van der Waals surface area (Å²) in [6.07, 6.45) is 0.768. The lowest BCUT2D eigenvalue weighted by Gasteiger charge is -2.30. The molecular formula is C21H30N4O2. The first-order valence-corrected chi connectivity index (χ1v) is 9.84. The zero-order chi connectivity index (χ0) is 19.0. The van der Waals surface area contributed by atoms with E-state index in [9.17, 15) is 5.11 Å². The maximum absolute atomic E-state index is 11.3. The monoisotopic (exact) mass is 370 g/mol. The maximum atomic E-state index is 11.3. The van der Waals surface area contributed by atoms with E-state index in [1.165, 1.54) is 11.4 Å². The SMILES string of the molecule is Cc1ccccc1C1(O)CCN(Cc2c(C)nn(C)c2N2CCOCC2)C1. The fraction of sp³-hybridized carbons (Fsp3) is 0.571. The van der Waals surface area contributed by atoms with Crippen LogP contribution in [-0.2, 0) is 23.9 Å². The highest BCUT2D eigenvalue weighted by Gasteiger charge is 2.39. The van der Waals surface area contributed by atoms with Crippen LogP contribution in [0, 0.1) is 13.8 Å². The Labute approximate surface area is 161 Å². The Hall–Kier alpha value is -1.89. The van der Waals surface area contributed by atoms with E-state index >= 15 is 0 Å². The summed E-state index contributed by atoms with van der Waals surface area (Å²) in [5.41, 5.74) is 3.80. The third-order valence-corrected chi connectivity index (χ3v) is 5.98. The van der Waals surface area contributed by atoms with Crippen LogP contribution in [0.3, 0.4) is 0 Å². The third kappa shape index (κ3) is 3.49. The first kappa shape index (κ1) is 18.5. The first-order valence-electron chi connectivity index (χ1n) is 9.84. The Balaban J connectivity index is 1.55. The summed E-state index contributed by atoms with van der Waals surface area (Å²) >= 11 is 0. The normalized spacial score (nSPS) is 23.9. The van der Waals surface area contributed by atoms with Crippen LogP contribution in [0.5, 0.6) is 0 Å². The van der Waals surface area contributed by atoms with Gasteiger partial charge in [-0.15, -0.1) is 0 Å². The van der Waals surface area contributed by atoms with Gasteiger partial charge in [0.05, 0.1) is 18.9 Å². The Morgan fingerprint density at radius 2 is 1.89 bits per heavy atom. The summed E-state index contributed by atoms with van der Waals surface area (Å²) in [7, 11) is 2.02. The lowest BCUT2D eigenvalue weighted by molar-refractivity contribution is 0.0446. The van der Waals surface area contributed by atoms with Crippen LogP contribution in [0.25, 0.3) is 0 Å². The molecule has 0 radical (unpaired) electrons. The van der Waals surface area contributed by atoms with E-state index in [0.29, 0.717) is 6.54 Å². The maximum Gasteiger partial charge on any atom is 0.131 e. The minimum absolute atomic E-state index is 0.661. The number of aliphatic hydroxyl groups is 1. The van der Waals surface area contributed by atoms with Crippen LogP contribution in [0.1, 0.15) is 28.8 Å². The molecule has 6 heteroatoms. The van der Waals surface area contributed by atoms with E-state index < -0.39 is 5.60 Å². The Kier molecular flexibility index (Phi) is 4.97. The van der Waals surface area contributed by atoms with E-state index in [0.717, 1.165) is 62.6 Å². The third-order valence-electron chi connectivity index (χ3n) is 5.98. The van der Waals surface area contributed by atoms with Crippen LogP contribution in [-0.4, -0.2) is 59.2 Å². The highest BCUT2D eigenvalue weighted by molar-refractivity contribution is 5.50. The number of ether oxygens (including phenoxy) is 1. The van der Waals surface area contributed by atoms with Gasteiger partial charge in [-0.2, -0.15) is 5.10 Å². The van der Waals surface area contributed by atoms with Crippen LogP contribution in [0.15, 0.2) is 24.3 Å². The van der Waals surface area contributed by atoms with Crippen LogP contribution in [0.2, 0.25) is 0 Å². The van der Waals surface area contributed by atoms with Gasteiger partial charge >= 0.3 is 0 Å². The molecule has 0 bridgehead atoms. The zero-order valence-electron chi connectivity index (χ0n) is 16.6. The predicted octanol–water partition coefficient (Wildman–Crippen LogP) is 1.97. The fourth-order valence-corrected chi connectivity index (χ4v) is 4.59. The van der Waals surface area contributed by atoms with Gasteiger partial charge in [-0.25, -0.2) is 0 Å². The van der Waals surface area contributed by atoms with Gasteiger partial charge in [-0.3, -0.25) is 9.58 Å². The topological polar surface area (TPSA) is 53.8 Å². The number of hydrogen-bond donors (Lipinski definition) is 1. The van der Waals surface area contributed by atoms with E-state index in [2.05, 4.69) is 40.9 Å². The van der Waals surface area contributed by atoms with Crippen molar-refractivity contribution >= 4 is 5.82 Å². The van der Waals surface area contributed by atoms with E-state index in [1.54, 1.807) is 0 Å². The van der Waals surface area contributed by atoms with Crippen molar-refractivity contribution < 1.29 is 9.84 Å². The number of hydrogen-bond acceptors (Lipinski definition) is 5. The van der Waals surface area contributed by atoms with Crippen LogP contribution in [0.4, 0.5) is 5.82 Å². The van der Waals surface area contributed by atoms with Gasteiger partial charge in [0.2, 0.25) is 0 Å². The van der Waals surface area contributed by atoms with Crippen LogP contribution < -0.4 is 4.90 Å². The number of nitrogens with zero attached hydrogens (tertiary/aromatic N) is 4. The molecule has 1 aromatic heterocycles. The second-order valence-corrected chi connectivity index (χ2v) is 7.92. The number of benzene rings is 1. The average Bonchev–Trinajstić information content (AvgIpc) is 3.16. The summed E-state index contributed by atoms with van der Waals surface area (Å²) in [5.74, 6) is 1.20. The standard InChI is InChI=1S/C21H30N4O2/c1-16-6-4-5-7-19(16)21(26)8-9-24(15-21)14-18-17(2)22-23(3)20(18)25-10-12-27-13-11-25/h4-7,26H,8-15H2,1-3H3. The highest BCUT2D eigenvalue weighted by Crippen LogP contribution is 2.35. The van der Waals surface area contributed by atoms with Gasteiger partial charge in [0.15, 0.2) is 0 Å². The quantitative estimate of drug-likeness (QED) is 0.892. The second-order valence-electron chi connectivity index (χ2n) is 7.92. The molecule has 1 atom stereocenters. The predicted molar refractivity (Wildman–Crippen MR) is 106 cm³/mol. The lowest BCUT2D eigenvalue weighted by Crippen LogP contribution is -2.38. The molecule has 2 fully saturated rings. The minimum Gasteiger partial charge on any atom is -0.384 e. The van der Waals surface area contributed by atoms with Crippen molar-refractivity contribution in [2.24, 2.45) is 7.05 Å². The highest BCUT2D eigenvalue weighted by atomic mass is 16.5. The summed E-state index contributed by atoms with van der Waals surface area (Å²) < 4.78 is 7.51. The van der Waals surface area contributed by atoms with E-state index in [-0.39, 0.29) is 0 Å². The molecule has 146 valence electrons. The molecule has 2 aliphatic rings. The molecule has 27 heavy (non-hydrogen) atoms. The molecule has 3 heterocycles. The van der Waals surface area contributed by atoms with Gasteiger partial charge in [-0.1, -0.05) is 24.3 Å². The van der Waals surface area contributed by atoms with E-state index in [4.69, 9.17) is 4.74 Å². The van der Waals surface area contributed by atoms with Crippen molar-refractivity contribution in [3.05, 3.63) is 46.6 Å². The van der Waals surface area contributed by atoms with Crippen molar-refractivity contribution in [2.75, 3.05) is 44.3 Å². The first-order chi connectivity index (χ1) is 13.0. The van der Waals surface area contributed by atoms with Gasteiger partial charge in [0.1, 0.15) is 11.4 Å². The molecular weight excluding hydrogens is 340 g/mol. The van der Waals surface area contributed by atoms with Crippen molar-refractivity contribution in [3.63, 3.8) is 0 Å². The van der Waals surface area contributed by atoms with Crippen molar-refractivity contribution in [1.82, 2.24) is 14.7 Å². The minimum atomic E-state index is -0.763.